The second kappa shape index (κ2) is 7.41. The van der Waals surface area contributed by atoms with E-state index >= 15 is 0 Å². The fraction of sp³-hybridized carbons (Fsp3) is 1.00. The van der Waals surface area contributed by atoms with E-state index in [2.05, 4.69) is 18.9 Å². The number of ether oxygens (including phenoxy) is 1. The van der Waals surface area contributed by atoms with E-state index in [-0.39, 0.29) is 0 Å². The molecule has 0 aliphatic carbocycles. The van der Waals surface area contributed by atoms with Crippen LogP contribution in [-0.2, 0) is 32.6 Å². The van der Waals surface area contributed by atoms with Crippen molar-refractivity contribution in [1.82, 2.24) is 0 Å². The zero-order chi connectivity index (χ0) is 11.8. The Labute approximate surface area is 87.8 Å². The van der Waals surface area contributed by atoms with Gasteiger partial charge in [0.1, 0.15) is 0 Å². The maximum atomic E-state index is 10.1. The lowest BCUT2D eigenvalue weighted by Gasteiger charge is -2.15. The molecular formula is C4H10O9Si2. The molecule has 0 aromatic carbocycles. The van der Waals surface area contributed by atoms with Crippen LogP contribution in [0.2, 0.25) is 0 Å². The first kappa shape index (κ1) is 14.1. The lowest BCUT2D eigenvalue weighted by Crippen LogP contribution is -2.25. The molecule has 0 aromatic heterocycles. The highest BCUT2D eigenvalue weighted by Gasteiger charge is 2.16. The number of rotatable bonds is 8. The van der Waals surface area contributed by atoms with Crippen LogP contribution in [0.4, 0.5) is 0 Å². The lowest BCUT2D eigenvalue weighted by molar-refractivity contribution is -0.396. The highest BCUT2D eigenvalue weighted by Crippen LogP contribution is 2.01. The molecule has 0 saturated heterocycles. The number of hydrogen-bond acceptors (Lipinski definition) is 7. The fourth-order valence-electron chi connectivity index (χ4n) is 0.533. The van der Waals surface area contributed by atoms with Gasteiger partial charge in [-0.2, -0.15) is 9.78 Å². The van der Waals surface area contributed by atoms with Gasteiger partial charge in [0, 0.05) is 0 Å². The van der Waals surface area contributed by atoms with Gasteiger partial charge in [-0.05, 0) is 13.8 Å². The van der Waals surface area contributed by atoms with Crippen molar-refractivity contribution >= 4 is 18.3 Å². The fourth-order valence-corrected chi connectivity index (χ4v) is 0.969. The van der Waals surface area contributed by atoms with Crippen molar-refractivity contribution in [3.8, 4) is 0 Å². The van der Waals surface area contributed by atoms with Gasteiger partial charge in [-0.1, -0.05) is 0 Å². The van der Waals surface area contributed by atoms with Crippen LogP contribution in [0.5, 0.6) is 0 Å². The third-order valence-electron chi connectivity index (χ3n) is 0.893. The summed E-state index contributed by atoms with van der Waals surface area (Å²) < 4.78 is 32.7. The van der Waals surface area contributed by atoms with Crippen LogP contribution in [0.25, 0.3) is 0 Å². The third-order valence-corrected chi connectivity index (χ3v) is 1.37. The molecule has 2 N–H and O–H groups in total. The van der Waals surface area contributed by atoms with Crippen LogP contribution in [-0.4, -0.2) is 40.5 Å². The number of hydrogen-bond donors (Lipinski definition) is 2. The quantitative estimate of drug-likeness (QED) is 0.229. The first-order chi connectivity index (χ1) is 6.91. The molecule has 2 unspecified atom stereocenters. The van der Waals surface area contributed by atoms with E-state index < -0.39 is 30.9 Å². The monoisotopic (exact) mass is 258 g/mol. The Hall–Kier alpha value is -0.886. The summed E-state index contributed by atoms with van der Waals surface area (Å²) in [5.41, 5.74) is 0. The van der Waals surface area contributed by atoms with Crippen molar-refractivity contribution in [3.05, 3.63) is 0 Å². The molecule has 9 nitrogen and oxygen atoms in total. The van der Waals surface area contributed by atoms with Gasteiger partial charge in [-0.25, -0.2) is 0 Å². The second-order valence-corrected chi connectivity index (χ2v) is 3.56. The second-order valence-electron chi connectivity index (χ2n) is 2.16. The summed E-state index contributed by atoms with van der Waals surface area (Å²) in [6.45, 7) is 2.71. The Bertz CT molecular complexity index is 198. The van der Waals surface area contributed by atoms with E-state index in [1.165, 1.54) is 13.8 Å². The molecule has 0 rings (SSSR count). The smallest absolute Gasteiger partial charge is 0.510 e. The van der Waals surface area contributed by atoms with Gasteiger partial charge in [-0.3, -0.25) is 8.92 Å². The molecule has 2 atom stereocenters. The maximum Gasteiger partial charge on any atom is 0.798 e. The minimum atomic E-state index is -3.20. The predicted molar refractivity (Wildman–Crippen MR) is 41.7 cm³/mol. The topological polar surface area (TPSA) is 121 Å². The maximum absolute atomic E-state index is 10.1. The molecule has 15 heavy (non-hydrogen) atoms. The summed E-state index contributed by atoms with van der Waals surface area (Å²) in [6, 6.07) is 0. The van der Waals surface area contributed by atoms with E-state index in [4.69, 9.17) is 14.3 Å². The van der Waals surface area contributed by atoms with Crippen LogP contribution in [0.1, 0.15) is 13.8 Å². The SMILES string of the molecule is CC(OO[Si](=O)O)OC(C)OO[Si](=O)O. The van der Waals surface area contributed by atoms with E-state index in [0.717, 1.165) is 0 Å². The molecule has 0 bridgehead atoms. The Morgan fingerprint density at radius 1 is 0.933 bits per heavy atom. The Morgan fingerprint density at radius 3 is 1.53 bits per heavy atom. The third kappa shape index (κ3) is 9.42. The van der Waals surface area contributed by atoms with E-state index in [1.807, 2.05) is 0 Å². The molecule has 0 aliphatic rings. The van der Waals surface area contributed by atoms with Gasteiger partial charge in [0.05, 0.1) is 0 Å². The largest absolute Gasteiger partial charge is 0.798 e. The molecule has 0 aromatic rings. The molecule has 0 fully saturated rings. The van der Waals surface area contributed by atoms with Gasteiger partial charge >= 0.3 is 18.3 Å². The van der Waals surface area contributed by atoms with Crippen molar-refractivity contribution in [2.24, 2.45) is 0 Å². The van der Waals surface area contributed by atoms with Crippen LogP contribution in [0, 0.1) is 0 Å². The van der Waals surface area contributed by atoms with E-state index in [0.29, 0.717) is 0 Å². The van der Waals surface area contributed by atoms with Crippen LogP contribution in [0.15, 0.2) is 0 Å². The summed E-state index contributed by atoms with van der Waals surface area (Å²) >= 11 is 0. The highest BCUT2D eigenvalue weighted by molar-refractivity contribution is 6.23. The zero-order valence-corrected chi connectivity index (χ0v) is 9.91. The van der Waals surface area contributed by atoms with Gasteiger partial charge in [-0.15, -0.1) is 0 Å². The van der Waals surface area contributed by atoms with Crippen LogP contribution in [0.3, 0.4) is 0 Å². The van der Waals surface area contributed by atoms with E-state index in [9.17, 15) is 8.92 Å². The summed E-state index contributed by atoms with van der Waals surface area (Å²) in [5, 5.41) is 0. The Kier molecular flexibility index (Phi) is 6.97. The van der Waals surface area contributed by atoms with Gasteiger partial charge < -0.3 is 23.5 Å². The van der Waals surface area contributed by atoms with Gasteiger partial charge in [0.25, 0.3) is 0 Å². The first-order valence-electron chi connectivity index (χ1n) is 3.69. The van der Waals surface area contributed by atoms with E-state index in [1.54, 1.807) is 0 Å². The molecule has 0 spiro atoms. The minimum Gasteiger partial charge on any atom is -0.510 e. The van der Waals surface area contributed by atoms with Gasteiger partial charge in [0.2, 0.25) is 12.6 Å². The first-order valence-corrected chi connectivity index (χ1v) is 6.22. The molecule has 0 amide bonds. The normalized spacial score (nSPS) is 14.0. The average molecular weight is 258 g/mol. The summed E-state index contributed by atoms with van der Waals surface area (Å²) in [4.78, 5) is 25.0. The lowest BCUT2D eigenvalue weighted by atomic mass is 10.7. The standard InChI is InChI=1S/C4H10O9Si2/c1-3(10-12-14(5)6)9-4(2)11-13-15(7)8/h3-5,7H,1-2H3. The van der Waals surface area contributed by atoms with Gasteiger partial charge in [0.15, 0.2) is 0 Å². The molecule has 0 heterocycles. The molecule has 0 aliphatic heterocycles. The molecule has 11 heteroatoms. The summed E-state index contributed by atoms with van der Waals surface area (Å²) in [5.74, 6) is 0. The summed E-state index contributed by atoms with van der Waals surface area (Å²) in [6.07, 6.45) is -2.02. The highest BCUT2D eigenvalue weighted by atomic mass is 28.3. The molecule has 88 valence electrons. The Morgan fingerprint density at radius 2 is 1.27 bits per heavy atom. The molecular weight excluding hydrogens is 248 g/mol. The van der Waals surface area contributed by atoms with Crippen molar-refractivity contribution in [3.63, 3.8) is 0 Å². The Balaban J connectivity index is 3.61. The van der Waals surface area contributed by atoms with Crippen LogP contribution >= 0.6 is 0 Å². The van der Waals surface area contributed by atoms with Crippen molar-refractivity contribution in [2.75, 3.05) is 0 Å². The minimum absolute atomic E-state index is 1.01. The average Bonchev–Trinajstić information content (AvgIpc) is 2.11. The summed E-state index contributed by atoms with van der Waals surface area (Å²) in [7, 11) is -6.40. The van der Waals surface area contributed by atoms with Crippen molar-refractivity contribution in [2.45, 2.75) is 26.4 Å². The van der Waals surface area contributed by atoms with Crippen LogP contribution < -0.4 is 0 Å². The van der Waals surface area contributed by atoms with Crippen molar-refractivity contribution < 1.29 is 42.2 Å². The molecule has 0 radical (unpaired) electrons. The zero-order valence-electron chi connectivity index (χ0n) is 7.91. The molecule has 0 saturated carbocycles. The van der Waals surface area contributed by atoms with Crippen molar-refractivity contribution in [1.29, 1.82) is 0 Å². The predicted octanol–water partition coefficient (Wildman–Crippen LogP) is -1.59.